The second-order valence-corrected chi connectivity index (χ2v) is 10.5. The Bertz CT molecular complexity index is 880. The number of nitrogens with one attached hydrogen (secondary N) is 1. The fourth-order valence-electron chi connectivity index (χ4n) is 5.40. The topological polar surface area (TPSA) is 63.7 Å². The van der Waals surface area contributed by atoms with E-state index in [0.29, 0.717) is 30.5 Å². The quantitative estimate of drug-likeness (QED) is 0.739. The van der Waals surface area contributed by atoms with Gasteiger partial charge in [-0.25, -0.2) is 4.98 Å². The number of benzene rings is 1. The monoisotopic (exact) mass is 455 g/mol. The molecular weight excluding hydrogens is 422 g/mol. The van der Waals surface area contributed by atoms with Crippen LogP contribution in [0.2, 0.25) is 0 Å². The fraction of sp³-hybridized carbons (Fsp3) is 0.600. The third kappa shape index (κ3) is 4.85. The molecule has 0 radical (unpaired) electrons. The number of carbonyl (C=O) groups excluding carboxylic acids is 1. The second-order valence-electron chi connectivity index (χ2n) is 9.60. The van der Waals surface area contributed by atoms with Gasteiger partial charge in [0.2, 0.25) is 5.91 Å². The molecule has 1 aromatic carbocycles. The summed E-state index contributed by atoms with van der Waals surface area (Å²) in [5, 5.41) is 6.05. The molecule has 3 aliphatic heterocycles. The van der Waals surface area contributed by atoms with Crippen molar-refractivity contribution in [3.63, 3.8) is 0 Å². The van der Waals surface area contributed by atoms with Gasteiger partial charge in [0.15, 0.2) is 0 Å². The maximum atomic E-state index is 11.8. The summed E-state index contributed by atoms with van der Waals surface area (Å²) in [6, 6.07) is 8.33. The molecular formula is C25H33N3O3S. The highest BCUT2D eigenvalue weighted by Gasteiger charge is 2.48. The molecule has 7 heteroatoms. The van der Waals surface area contributed by atoms with Crippen molar-refractivity contribution in [1.29, 1.82) is 0 Å². The van der Waals surface area contributed by atoms with Gasteiger partial charge in [0.25, 0.3) is 5.19 Å². The minimum absolute atomic E-state index is 0.189. The predicted molar refractivity (Wildman–Crippen MR) is 125 cm³/mol. The normalized spacial score (nSPS) is 22.6. The molecule has 172 valence electrons. The molecule has 1 N–H and O–H groups in total. The van der Waals surface area contributed by atoms with E-state index >= 15 is 0 Å². The lowest BCUT2D eigenvalue weighted by Crippen LogP contribution is -2.60. The summed E-state index contributed by atoms with van der Waals surface area (Å²) in [6.07, 6.45) is 9.56. The molecule has 1 aliphatic carbocycles. The van der Waals surface area contributed by atoms with Gasteiger partial charge in [0.1, 0.15) is 5.75 Å². The lowest BCUT2D eigenvalue weighted by molar-refractivity contribution is -0.161. The molecule has 32 heavy (non-hydrogen) atoms. The van der Waals surface area contributed by atoms with Crippen molar-refractivity contribution in [1.82, 2.24) is 15.2 Å². The molecule has 1 amide bonds. The number of carbonyl (C=O) groups is 1. The van der Waals surface area contributed by atoms with Crippen molar-refractivity contribution in [3.05, 3.63) is 41.4 Å². The van der Waals surface area contributed by atoms with Crippen molar-refractivity contribution in [3.8, 4) is 10.9 Å². The van der Waals surface area contributed by atoms with Crippen molar-refractivity contribution < 1.29 is 14.3 Å². The molecule has 0 unspecified atom stereocenters. The van der Waals surface area contributed by atoms with Gasteiger partial charge < -0.3 is 19.7 Å². The van der Waals surface area contributed by atoms with Crippen LogP contribution >= 0.6 is 11.3 Å². The van der Waals surface area contributed by atoms with Crippen LogP contribution in [0.4, 0.5) is 0 Å². The summed E-state index contributed by atoms with van der Waals surface area (Å²) in [5.41, 5.74) is 1.86. The average Bonchev–Trinajstić information content (AvgIpc) is 3.45. The number of aromatic nitrogens is 1. The number of rotatable bonds is 4. The summed E-state index contributed by atoms with van der Waals surface area (Å²) >= 11 is 1.53. The first kappa shape index (κ1) is 21.9. The van der Waals surface area contributed by atoms with Crippen LogP contribution in [0.3, 0.4) is 0 Å². The van der Waals surface area contributed by atoms with Crippen LogP contribution in [0.25, 0.3) is 0 Å². The molecule has 1 spiro atoms. The Morgan fingerprint density at radius 2 is 1.91 bits per heavy atom. The van der Waals surface area contributed by atoms with Crippen molar-refractivity contribution >= 4 is 17.2 Å². The number of piperidine rings is 1. The first-order chi connectivity index (χ1) is 15.7. The zero-order valence-electron chi connectivity index (χ0n) is 18.6. The lowest BCUT2D eigenvalue weighted by atomic mass is 9.77. The van der Waals surface area contributed by atoms with E-state index in [1.807, 2.05) is 22.4 Å². The Morgan fingerprint density at radius 1 is 1.16 bits per heavy atom. The van der Waals surface area contributed by atoms with Crippen LogP contribution in [0.5, 0.6) is 10.9 Å². The van der Waals surface area contributed by atoms with Crippen LogP contribution in [0.15, 0.2) is 35.8 Å². The highest BCUT2D eigenvalue weighted by atomic mass is 32.1. The maximum Gasteiger partial charge on any atom is 0.278 e. The molecule has 4 fully saturated rings. The van der Waals surface area contributed by atoms with Crippen molar-refractivity contribution in [2.45, 2.75) is 44.4 Å². The summed E-state index contributed by atoms with van der Waals surface area (Å²) < 4.78 is 10.9. The number of amides is 1. The van der Waals surface area contributed by atoms with Gasteiger partial charge in [-0.3, -0.25) is 4.79 Å². The summed E-state index contributed by atoms with van der Waals surface area (Å²) in [6.45, 7) is 5.56. The van der Waals surface area contributed by atoms with E-state index in [4.69, 9.17) is 9.47 Å². The SMILES string of the molecule is O=C(C1COC1)N1CC2(CCCC2)C1.c1ccc(C2CCNCC2)c(Oc2nccs2)c1. The highest BCUT2D eigenvalue weighted by molar-refractivity contribution is 7.11. The molecule has 0 atom stereocenters. The average molecular weight is 456 g/mol. The molecule has 1 saturated carbocycles. The number of likely N-dealkylation sites (tertiary alicyclic amines) is 1. The van der Waals surface area contributed by atoms with E-state index in [0.717, 1.165) is 37.1 Å². The number of hydrogen-bond acceptors (Lipinski definition) is 6. The standard InChI is InChI=1S/C14H16N2OS.C11H17NO2/c1-2-4-13(17-14-16-9-10-18-14)12(3-1)11-5-7-15-8-6-11;13-10(9-5-14-6-9)12-7-11(8-12)3-1-2-4-11/h1-4,9-11,15H,5-8H2;9H,1-8H2. The molecule has 0 bridgehead atoms. The van der Waals surface area contributed by atoms with E-state index in [1.54, 1.807) is 6.20 Å². The first-order valence-electron chi connectivity index (χ1n) is 12.0. The lowest BCUT2D eigenvalue weighted by Gasteiger charge is -2.50. The Kier molecular flexibility index (Phi) is 6.76. The number of hydrogen-bond donors (Lipinski definition) is 1. The third-order valence-corrected chi connectivity index (χ3v) is 7.97. The molecule has 4 aliphatic rings. The maximum absolute atomic E-state index is 11.8. The summed E-state index contributed by atoms with van der Waals surface area (Å²) in [7, 11) is 0. The Balaban J connectivity index is 0.000000139. The molecule has 2 aromatic rings. The number of ether oxygens (including phenoxy) is 2. The van der Waals surface area contributed by atoms with Gasteiger partial charge in [-0.15, -0.1) is 0 Å². The van der Waals surface area contributed by atoms with Crippen LogP contribution in [0.1, 0.15) is 50.0 Å². The number of nitrogens with zero attached hydrogens (tertiary/aromatic N) is 2. The van der Waals surface area contributed by atoms with E-state index in [2.05, 4.69) is 22.4 Å². The summed E-state index contributed by atoms with van der Waals surface area (Å²) in [4.78, 5) is 18.0. The van der Waals surface area contributed by atoms with Crippen LogP contribution in [0, 0.1) is 11.3 Å². The van der Waals surface area contributed by atoms with E-state index in [1.165, 1.54) is 55.4 Å². The number of para-hydroxylation sites is 1. The zero-order chi connectivity index (χ0) is 21.8. The van der Waals surface area contributed by atoms with Crippen LogP contribution < -0.4 is 10.1 Å². The Morgan fingerprint density at radius 3 is 2.56 bits per heavy atom. The molecule has 3 saturated heterocycles. The van der Waals surface area contributed by atoms with Gasteiger partial charge in [0.05, 0.1) is 19.1 Å². The van der Waals surface area contributed by atoms with Gasteiger partial charge in [-0.1, -0.05) is 42.4 Å². The minimum atomic E-state index is 0.189. The molecule has 6 rings (SSSR count). The Hall–Kier alpha value is -1.96. The smallest absolute Gasteiger partial charge is 0.278 e. The van der Waals surface area contributed by atoms with Gasteiger partial charge in [-0.05, 0) is 56.3 Å². The summed E-state index contributed by atoms with van der Waals surface area (Å²) in [5.74, 6) is 2.09. The fourth-order valence-corrected chi connectivity index (χ4v) is 5.89. The first-order valence-corrected chi connectivity index (χ1v) is 12.8. The molecule has 1 aromatic heterocycles. The Labute approximate surface area is 194 Å². The van der Waals surface area contributed by atoms with E-state index in [9.17, 15) is 4.79 Å². The molecule has 6 nitrogen and oxygen atoms in total. The number of thiazole rings is 1. The predicted octanol–water partition coefficient (Wildman–Crippen LogP) is 4.44. The van der Waals surface area contributed by atoms with Gasteiger partial charge in [-0.2, -0.15) is 0 Å². The van der Waals surface area contributed by atoms with E-state index < -0.39 is 0 Å². The third-order valence-electron chi connectivity index (χ3n) is 7.32. The van der Waals surface area contributed by atoms with Crippen LogP contribution in [-0.4, -0.2) is 55.2 Å². The highest BCUT2D eigenvalue weighted by Crippen LogP contribution is 2.46. The van der Waals surface area contributed by atoms with Gasteiger partial charge in [0, 0.05) is 30.1 Å². The van der Waals surface area contributed by atoms with Crippen LogP contribution in [-0.2, 0) is 9.53 Å². The van der Waals surface area contributed by atoms with Gasteiger partial charge >= 0.3 is 0 Å². The van der Waals surface area contributed by atoms with Crippen molar-refractivity contribution in [2.24, 2.45) is 11.3 Å². The largest absolute Gasteiger partial charge is 0.431 e. The van der Waals surface area contributed by atoms with E-state index in [-0.39, 0.29) is 5.92 Å². The zero-order valence-corrected chi connectivity index (χ0v) is 19.4. The van der Waals surface area contributed by atoms with Crippen molar-refractivity contribution in [2.75, 3.05) is 39.4 Å². The molecule has 4 heterocycles. The second kappa shape index (κ2) is 9.89. The minimum Gasteiger partial charge on any atom is -0.431 e.